The van der Waals surface area contributed by atoms with Gasteiger partial charge in [-0.3, -0.25) is 0 Å². The maximum atomic E-state index is 8.47. The Kier molecular flexibility index (Phi) is 2.82. The first-order chi connectivity index (χ1) is 7.74. The molecule has 84 valence electrons. The van der Waals surface area contributed by atoms with Gasteiger partial charge in [0.1, 0.15) is 6.33 Å². The highest BCUT2D eigenvalue weighted by molar-refractivity contribution is 7.12. The molecule has 2 rings (SSSR count). The van der Waals surface area contributed by atoms with Gasteiger partial charge in [-0.2, -0.15) is 4.68 Å². The molecule has 0 aromatic carbocycles. The number of rotatable bonds is 3. The lowest BCUT2D eigenvalue weighted by molar-refractivity contribution is 0.318. The molecule has 0 fully saturated rings. The zero-order valence-corrected chi connectivity index (χ0v) is 9.35. The maximum absolute atomic E-state index is 8.47. The summed E-state index contributed by atoms with van der Waals surface area (Å²) in [5.41, 5.74) is 6.36. The molecule has 0 radical (unpaired) electrons. The van der Waals surface area contributed by atoms with E-state index >= 15 is 0 Å². The van der Waals surface area contributed by atoms with Gasteiger partial charge in [0.2, 0.25) is 16.8 Å². The van der Waals surface area contributed by atoms with Crippen molar-refractivity contribution >= 4 is 17.2 Å². The number of aryl methyl sites for hydroxylation is 1. The van der Waals surface area contributed by atoms with E-state index in [1.807, 2.05) is 12.3 Å². The van der Waals surface area contributed by atoms with E-state index in [0.29, 0.717) is 5.13 Å². The lowest BCUT2D eigenvalue weighted by Gasteiger charge is -1.92. The van der Waals surface area contributed by atoms with E-state index in [1.54, 1.807) is 0 Å². The SMILES string of the molecule is CCc1csc(-n2cnc(C(N)=NO)n2)n1. The predicted octanol–water partition coefficient (Wildman–Crippen LogP) is 0.381. The molecule has 7 nitrogen and oxygen atoms in total. The zero-order chi connectivity index (χ0) is 11.5. The molecule has 0 aliphatic heterocycles. The Bertz CT molecular complexity index is 516. The zero-order valence-electron chi connectivity index (χ0n) is 8.53. The molecule has 0 spiro atoms. The van der Waals surface area contributed by atoms with E-state index in [4.69, 9.17) is 10.9 Å². The molecule has 3 N–H and O–H groups in total. The second-order valence-electron chi connectivity index (χ2n) is 2.97. The quantitative estimate of drug-likeness (QED) is 0.348. The normalized spacial score (nSPS) is 11.9. The van der Waals surface area contributed by atoms with Crippen LogP contribution in [0.3, 0.4) is 0 Å². The molecule has 16 heavy (non-hydrogen) atoms. The van der Waals surface area contributed by atoms with Crippen LogP contribution in [-0.2, 0) is 6.42 Å². The summed E-state index contributed by atoms with van der Waals surface area (Å²) >= 11 is 1.47. The molecule has 2 heterocycles. The summed E-state index contributed by atoms with van der Waals surface area (Å²) < 4.78 is 1.50. The Morgan fingerprint density at radius 2 is 2.50 bits per heavy atom. The molecule has 0 saturated carbocycles. The maximum Gasteiger partial charge on any atom is 0.220 e. The van der Waals surface area contributed by atoms with Gasteiger partial charge in [-0.15, -0.1) is 16.4 Å². The standard InChI is InChI=1S/C8H10N6OS/c1-2-5-3-16-8(11-5)14-4-10-7(12-14)6(9)13-15/h3-4,15H,2H2,1H3,(H2,9,13). The van der Waals surface area contributed by atoms with Crippen molar-refractivity contribution in [3.05, 3.63) is 23.2 Å². The van der Waals surface area contributed by atoms with Crippen molar-refractivity contribution in [3.63, 3.8) is 0 Å². The summed E-state index contributed by atoms with van der Waals surface area (Å²) in [6.07, 6.45) is 2.35. The lowest BCUT2D eigenvalue weighted by Crippen LogP contribution is -2.15. The number of hydrogen-bond acceptors (Lipinski definition) is 6. The highest BCUT2D eigenvalue weighted by atomic mass is 32.1. The minimum atomic E-state index is -0.119. The molecule has 0 unspecified atom stereocenters. The third kappa shape index (κ3) is 1.87. The minimum Gasteiger partial charge on any atom is -0.409 e. The molecule has 0 bridgehead atoms. The third-order valence-corrected chi connectivity index (χ3v) is 2.81. The van der Waals surface area contributed by atoms with Crippen LogP contribution in [0.2, 0.25) is 0 Å². The van der Waals surface area contributed by atoms with E-state index in [9.17, 15) is 0 Å². The highest BCUT2D eigenvalue weighted by Crippen LogP contribution is 2.13. The van der Waals surface area contributed by atoms with E-state index < -0.39 is 0 Å². The van der Waals surface area contributed by atoms with Gasteiger partial charge >= 0.3 is 0 Å². The molecule has 8 heteroatoms. The fourth-order valence-electron chi connectivity index (χ4n) is 1.08. The smallest absolute Gasteiger partial charge is 0.220 e. The van der Waals surface area contributed by atoms with Gasteiger partial charge in [0.15, 0.2) is 0 Å². The first-order valence-electron chi connectivity index (χ1n) is 4.59. The van der Waals surface area contributed by atoms with Gasteiger partial charge in [0.25, 0.3) is 0 Å². The molecule has 0 atom stereocenters. The summed E-state index contributed by atoms with van der Waals surface area (Å²) in [5.74, 6) is 0.0572. The summed E-state index contributed by atoms with van der Waals surface area (Å²) in [6.45, 7) is 2.03. The first kappa shape index (κ1) is 10.6. The molecule has 2 aromatic heterocycles. The Labute approximate surface area is 95.3 Å². The predicted molar refractivity (Wildman–Crippen MR) is 58.9 cm³/mol. The van der Waals surface area contributed by atoms with Crippen LogP contribution in [0.1, 0.15) is 18.4 Å². The average molecular weight is 238 g/mol. The second-order valence-corrected chi connectivity index (χ2v) is 3.81. The molecule has 0 amide bonds. The Balaban J connectivity index is 2.31. The number of hydrogen-bond donors (Lipinski definition) is 2. The van der Waals surface area contributed by atoms with Crippen LogP contribution >= 0.6 is 11.3 Å². The van der Waals surface area contributed by atoms with Crippen LogP contribution in [0.5, 0.6) is 0 Å². The summed E-state index contributed by atoms with van der Waals surface area (Å²) in [6, 6.07) is 0. The Hall–Kier alpha value is -1.96. The highest BCUT2D eigenvalue weighted by Gasteiger charge is 2.09. The van der Waals surface area contributed by atoms with Gasteiger partial charge in [-0.05, 0) is 6.42 Å². The molecule has 2 aromatic rings. The fraction of sp³-hybridized carbons (Fsp3) is 0.250. The molecule has 0 aliphatic rings. The van der Waals surface area contributed by atoms with Gasteiger partial charge in [0.05, 0.1) is 5.69 Å². The van der Waals surface area contributed by atoms with Crippen LogP contribution in [-0.4, -0.2) is 30.8 Å². The lowest BCUT2D eigenvalue weighted by atomic mass is 10.4. The second kappa shape index (κ2) is 4.27. The van der Waals surface area contributed by atoms with Crippen molar-refractivity contribution in [1.82, 2.24) is 19.7 Å². The van der Waals surface area contributed by atoms with Crippen molar-refractivity contribution < 1.29 is 5.21 Å². The number of thiazole rings is 1. The van der Waals surface area contributed by atoms with E-state index in [0.717, 1.165) is 12.1 Å². The van der Waals surface area contributed by atoms with Gasteiger partial charge in [-0.25, -0.2) is 9.97 Å². The van der Waals surface area contributed by atoms with E-state index in [1.165, 1.54) is 22.3 Å². The number of oxime groups is 1. The van der Waals surface area contributed by atoms with Gasteiger partial charge < -0.3 is 10.9 Å². The van der Waals surface area contributed by atoms with Crippen LogP contribution in [0.15, 0.2) is 16.9 Å². The fourth-order valence-corrected chi connectivity index (χ4v) is 1.91. The van der Waals surface area contributed by atoms with Gasteiger partial charge in [-0.1, -0.05) is 12.1 Å². The van der Waals surface area contributed by atoms with Crippen molar-refractivity contribution in [3.8, 4) is 5.13 Å². The largest absolute Gasteiger partial charge is 0.409 e. The number of nitrogens with zero attached hydrogens (tertiary/aromatic N) is 5. The summed E-state index contributed by atoms with van der Waals surface area (Å²) in [4.78, 5) is 8.23. The number of nitrogens with two attached hydrogens (primary N) is 1. The van der Waals surface area contributed by atoms with Crippen molar-refractivity contribution in [2.45, 2.75) is 13.3 Å². The van der Waals surface area contributed by atoms with Crippen LogP contribution < -0.4 is 5.73 Å². The molecular weight excluding hydrogens is 228 g/mol. The molecular formula is C8H10N6OS. The van der Waals surface area contributed by atoms with E-state index in [2.05, 4.69) is 20.2 Å². The summed E-state index contributed by atoms with van der Waals surface area (Å²) in [5, 5.41) is 18.0. The van der Waals surface area contributed by atoms with E-state index in [-0.39, 0.29) is 11.7 Å². The van der Waals surface area contributed by atoms with Crippen molar-refractivity contribution in [1.29, 1.82) is 0 Å². The first-order valence-corrected chi connectivity index (χ1v) is 5.47. The monoisotopic (exact) mass is 238 g/mol. The summed E-state index contributed by atoms with van der Waals surface area (Å²) in [7, 11) is 0. The average Bonchev–Trinajstić information content (AvgIpc) is 2.95. The van der Waals surface area contributed by atoms with Crippen molar-refractivity contribution in [2.24, 2.45) is 10.9 Å². The molecule has 0 aliphatic carbocycles. The topological polar surface area (TPSA) is 102 Å². The van der Waals surface area contributed by atoms with Crippen LogP contribution in [0.25, 0.3) is 5.13 Å². The van der Waals surface area contributed by atoms with Gasteiger partial charge in [0, 0.05) is 5.38 Å². The Morgan fingerprint density at radius 1 is 1.69 bits per heavy atom. The number of aromatic nitrogens is 4. The van der Waals surface area contributed by atoms with Crippen molar-refractivity contribution in [2.75, 3.05) is 0 Å². The Morgan fingerprint density at radius 3 is 3.12 bits per heavy atom. The third-order valence-electron chi connectivity index (χ3n) is 1.93. The molecule has 0 saturated heterocycles. The van der Waals surface area contributed by atoms with Crippen LogP contribution in [0.4, 0.5) is 0 Å². The minimum absolute atomic E-state index is 0.119. The number of amidine groups is 1. The van der Waals surface area contributed by atoms with Crippen LogP contribution in [0, 0.1) is 0 Å².